The molecule has 0 unspecified atom stereocenters. The summed E-state index contributed by atoms with van der Waals surface area (Å²) >= 11 is 7.18. The van der Waals surface area contributed by atoms with Crippen molar-refractivity contribution >= 4 is 40.6 Å². The number of carbonyl (C=O) groups excluding carboxylic acids is 1. The number of hydrogen-bond acceptors (Lipinski definition) is 7. The Hall–Kier alpha value is -3.63. The highest BCUT2D eigenvalue weighted by atomic mass is 35.5. The number of halogens is 1. The van der Waals surface area contributed by atoms with Gasteiger partial charge in [-0.2, -0.15) is 0 Å². The van der Waals surface area contributed by atoms with Crippen molar-refractivity contribution in [2.75, 3.05) is 11.1 Å². The lowest BCUT2D eigenvalue weighted by atomic mass is 10.1. The van der Waals surface area contributed by atoms with E-state index in [0.717, 1.165) is 5.56 Å². The second-order valence-corrected chi connectivity index (χ2v) is 8.42. The van der Waals surface area contributed by atoms with Gasteiger partial charge in [0.1, 0.15) is 11.4 Å². The number of aromatic nitrogens is 3. The van der Waals surface area contributed by atoms with Crippen LogP contribution in [0.1, 0.15) is 11.3 Å². The molecule has 2 aromatic heterocycles. The van der Waals surface area contributed by atoms with E-state index in [4.69, 9.17) is 16.0 Å². The van der Waals surface area contributed by atoms with E-state index in [0.29, 0.717) is 33.9 Å². The van der Waals surface area contributed by atoms with E-state index >= 15 is 0 Å². The van der Waals surface area contributed by atoms with Crippen LogP contribution in [-0.4, -0.2) is 31.3 Å². The highest BCUT2D eigenvalue weighted by Gasteiger charge is 2.20. The van der Waals surface area contributed by atoms with Crippen LogP contribution in [0.3, 0.4) is 0 Å². The number of anilines is 1. The number of nitrogens with zero attached hydrogens (tertiary/aromatic N) is 4. The van der Waals surface area contributed by atoms with Crippen molar-refractivity contribution < 1.29 is 14.1 Å². The summed E-state index contributed by atoms with van der Waals surface area (Å²) in [6.07, 6.45) is 1.58. The third kappa shape index (κ3) is 5.24. The van der Waals surface area contributed by atoms with E-state index < -0.39 is 10.8 Å². The number of nitro benzene ring substituents is 1. The molecule has 0 saturated heterocycles. The Labute approximate surface area is 197 Å². The summed E-state index contributed by atoms with van der Waals surface area (Å²) < 4.78 is 7.32. The average molecular weight is 484 g/mol. The molecule has 0 aliphatic rings. The monoisotopic (exact) mass is 483 g/mol. The SMILES string of the molecule is Cc1cccc([N+](=O)[O-])c1NC(=O)CSc1nnc(-c2ccc(Cl)cc2)n1Cc1ccco1. The molecule has 0 aliphatic heterocycles. The summed E-state index contributed by atoms with van der Waals surface area (Å²) in [5.74, 6) is 0.896. The molecule has 4 rings (SSSR count). The van der Waals surface area contributed by atoms with E-state index in [1.54, 1.807) is 43.5 Å². The molecule has 11 heteroatoms. The van der Waals surface area contributed by atoms with E-state index in [2.05, 4.69) is 15.5 Å². The zero-order valence-corrected chi connectivity index (χ0v) is 19.0. The Morgan fingerprint density at radius 2 is 1.97 bits per heavy atom. The quantitative estimate of drug-likeness (QED) is 0.208. The Morgan fingerprint density at radius 3 is 2.67 bits per heavy atom. The topological polar surface area (TPSA) is 116 Å². The van der Waals surface area contributed by atoms with Crippen LogP contribution in [-0.2, 0) is 11.3 Å². The van der Waals surface area contributed by atoms with Gasteiger partial charge in [0, 0.05) is 16.7 Å². The van der Waals surface area contributed by atoms with Crippen LogP contribution < -0.4 is 5.32 Å². The van der Waals surface area contributed by atoms with Crippen molar-refractivity contribution in [1.29, 1.82) is 0 Å². The van der Waals surface area contributed by atoms with Crippen molar-refractivity contribution in [1.82, 2.24) is 14.8 Å². The van der Waals surface area contributed by atoms with E-state index in [1.165, 1.54) is 17.8 Å². The highest BCUT2D eigenvalue weighted by molar-refractivity contribution is 7.99. The Bertz CT molecular complexity index is 1290. The third-order valence-corrected chi connectivity index (χ3v) is 5.98. The number of nitro groups is 1. The molecular weight excluding hydrogens is 466 g/mol. The van der Waals surface area contributed by atoms with Crippen LogP contribution in [0.15, 0.2) is 70.4 Å². The van der Waals surface area contributed by atoms with E-state index in [1.807, 2.05) is 22.8 Å². The summed E-state index contributed by atoms with van der Waals surface area (Å²) in [6.45, 7) is 2.07. The minimum Gasteiger partial charge on any atom is -0.467 e. The largest absolute Gasteiger partial charge is 0.467 e. The third-order valence-electron chi connectivity index (χ3n) is 4.76. The fourth-order valence-corrected chi connectivity index (χ4v) is 4.05. The molecule has 0 radical (unpaired) electrons. The van der Waals surface area contributed by atoms with Crippen LogP contribution in [0.25, 0.3) is 11.4 Å². The predicted octanol–water partition coefficient (Wildman–Crippen LogP) is 5.19. The molecule has 9 nitrogen and oxygen atoms in total. The molecule has 0 fully saturated rings. The van der Waals surface area contributed by atoms with Crippen LogP contribution in [0, 0.1) is 17.0 Å². The summed E-state index contributed by atoms with van der Waals surface area (Å²) in [5, 5.41) is 23.6. The second kappa shape index (κ2) is 9.88. The molecule has 168 valence electrons. The van der Waals surface area contributed by atoms with Crippen LogP contribution in [0.4, 0.5) is 11.4 Å². The molecule has 2 heterocycles. The van der Waals surface area contributed by atoms with Crippen LogP contribution in [0.2, 0.25) is 5.02 Å². The van der Waals surface area contributed by atoms with Gasteiger partial charge in [-0.15, -0.1) is 10.2 Å². The molecule has 33 heavy (non-hydrogen) atoms. The number of rotatable bonds is 8. The van der Waals surface area contributed by atoms with Gasteiger partial charge in [-0.25, -0.2) is 0 Å². The number of hydrogen-bond donors (Lipinski definition) is 1. The Balaban J connectivity index is 1.55. The smallest absolute Gasteiger partial charge is 0.293 e. The van der Waals surface area contributed by atoms with Gasteiger partial charge < -0.3 is 9.73 Å². The minimum absolute atomic E-state index is 0.0115. The summed E-state index contributed by atoms with van der Waals surface area (Å²) in [6, 6.07) is 15.5. The number of benzene rings is 2. The molecule has 4 aromatic rings. The first kappa shape index (κ1) is 22.6. The molecule has 0 aliphatic carbocycles. The van der Waals surface area contributed by atoms with Crippen molar-refractivity contribution in [3.05, 3.63) is 87.3 Å². The maximum Gasteiger partial charge on any atom is 0.293 e. The predicted molar refractivity (Wildman–Crippen MR) is 125 cm³/mol. The fourth-order valence-electron chi connectivity index (χ4n) is 3.18. The van der Waals surface area contributed by atoms with Crippen molar-refractivity contribution in [3.63, 3.8) is 0 Å². The first-order valence-corrected chi connectivity index (χ1v) is 11.2. The first-order valence-electron chi connectivity index (χ1n) is 9.80. The molecule has 1 amide bonds. The first-order chi connectivity index (χ1) is 15.9. The normalized spacial score (nSPS) is 10.8. The molecular formula is C22H18ClN5O4S. The van der Waals surface area contributed by atoms with Gasteiger partial charge in [0.05, 0.1) is 23.5 Å². The summed E-state index contributed by atoms with van der Waals surface area (Å²) in [5.41, 5.74) is 1.45. The maximum absolute atomic E-state index is 12.6. The number of amides is 1. The molecule has 0 saturated carbocycles. The number of para-hydroxylation sites is 1. The second-order valence-electron chi connectivity index (χ2n) is 7.04. The van der Waals surface area contributed by atoms with Crippen molar-refractivity contribution in [2.45, 2.75) is 18.6 Å². The van der Waals surface area contributed by atoms with Gasteiger partial charge in [0.15, 0.2) is 11.0 Å². The van der Waals surface area contributed by atoms with E-state index in [9.17, 15) is 14.9 Å². The average Bonchev–Trinajstić information content (AvgIpc) is 3.45. The zero-order chi connectivity index (χ0) is 23.4. The number of nitrogens with one attached hydrogen (secondary N) is 1. The van der Waals surface area contributed by atoms with Crippen molar-refractivity contribution in [2.24, 2.45) is 0 Å². The lowest BCUT2D eigenvalue weighted by molar-refractivity contribution is -0.384. The van der Waals surface area contributed by atoms with Gasteiger partial charge >= 0.3 is 0 Å². The molecule has 0 atom stereocenters. The van der Waals surface area contributed by atoms with Gasteiger partial charge in [0.2, 0.25) is 5.91 Å². The highest BCUT2D eigenvalue weighted by Crippen LogP contribution is 2.29. The van der Waals surface area contributed by atoms with Gasteiger partial charge in [0.25, 0.3) is 5.69 Å². The fraction of sp³-hybridized carbons (Fsp3) is 0.136. The summed E-state index contributed by atoms with van der Waals surface area (Å²) in [4.78, 5) is 23.4. The Kier molecular flexibility index (Phi) is 6.76. The standard InChI is InChI=1S/C22H18ClN5O4S/c1-14-4-2-6-18(28(30)31)20(14)24-19(29)13-33-22-26-25-21(15-7-9-16(23)10-8-15)27(22)12-17-5-3-11-32-17/h2-11H,12-13H2,1H3,(H,24,29). The molecule has 0 bridgehead atoms. The van der Waals surface area contributed by atoms with Crippen molar-refractivity contribution in [3.8, 4) is 11.4 Å². The van der Waals surface area contributed by atoms with Crippen LogP contribution in [0.5, 0.6) is 0 Å². The van der Waals surface area contributed by atoms with Gasteiger partial charge in [-0.05, 0) is 48.9 Å². The number of thioether (sulfide) groups is 1. The zero-order valence-electron chi connectivity index (χ0n) is 17.4. The summed E-state index contributed by atoms with van der Waals surface area (Å²) in [7, 11) is 0. The number of carbonyl (C=O) groups is 1. The lowest BCUT2D eigenvalue weighted by Crippen LogP contribution is -2.16. The lowest BCUT2D eigenvalue weighted by Gasteiger charge is -2.10. The Morgan fingerprint density at radius 1 is 1.18 bits per heavy atom. The number of aryl methyl sites for hydroxylation is 1. The molecule has 1 N–H and O–H groups in total. The van der Waals surface area contributed by atoms with Gasteiger partial charge in [-0.3, -0.25) is 19.5 Å². The minimum atomic E-state index is -0.520. The molecule has 0 spiro atoms. The van der Waals surface area contributed by atoms with E-state index in [-0.39, 0.29) is 17.1 Å². The number of furan rings is 1. The molecule has 2 aromatic carbocycles. The maximum atomic E-state index is 12.6. The van der Waals surface area contributed by atoms with Crippen LogP contribution >= 0.6 is 23.4 Å². The van der Waals surface area contributed by atoms with Gasteiger partial charge in [-0.1, -0.05) is 35.5 Å².